The molecule has 0 saturated carbocycles. The van der Waals surface area contributed by atoms with Crippen molar-refractivity contribution in [3.8, 4) is 5.75 Å². The van der Waals surface area contributed by atoms with Gasteiger partial charge in [0.2, 0.25) is 5.91 Å². The molecule has 130 valence electrons. The molecule has 1 aromatic carbocycles. The molecule has 4 heteroatoms. The van der Waals surface area contributed by atoms with Crippen LogP contribution in [0.15, 0.2) is 54.9 Å². The molecule has 2 unspecified atom stereocenters. The summed E-state index contributed by atoms with van der Waals surface area (Å²) >= 11 is 0. The van der Waals surface area contributed by atoms with E-state index >= 15 is 0 Å². The second kappa shape index (κ2) is 7.26. The molecule has 2 atom stereocenters. The quantitative estimate of drug-likeness (QED) is 0.837. The highest BCUT2D eigenvalue weighted by Gasteiger charge is 2.43. The predicted octanol–water partition coefficient (Wildman–Crippen LogP) is 3.62. The third kappa shape index (κ3) is 3.68. The van der Waals surface area contributed by atoms with Crippen molar-refractivity contribution in [2.75, 3.05) is 0 Å². The van der Waals surface area contributed by atoms with Crippen LogP contribution in [0.1, 0.15) is 37.7 Å². The molecule has 4 nitrogen and oxygen atoms in total. The van der Waals surface area contributed by atoms with Gasteiger partial charge in [-0.15, -0.1) is 0 Å². The number of carbonyl (C=O) groups is 1. The van der Waals surface area contributed by atoms with Gasteiger partial charge >= 0.3 is 0 Å². The zero-order valence-electron chi connectivity index (χ0n) is 14.4. The number of rotatable bonds is 5. The molecule has 2 saturated heterocycles. The van der Waals surface area contributed by atoms with Crippen LogP contribution in [0, 0.1) is 0 Å². The second-order valence-electron chi connectivity index (χ2n) is 7.07. The molecule has 2 bridgehead atoms. The van der Waals surface area contributed by atoms with E-state index in [0.717, 1.165) is 37.9 Å². The minimum absolute atomic E-state index is 0.194. The van der Waals surface area contributed by atoms with Gasteiger partial charge in [0.25, 0.3) is 0 Å². The van der Waals surface area contributed by atoms with Gasteiger partial charge in [0.15, 0.2) is 0 Å². The fraction of sp³-hybridized carbons (Fsp3) is 0.429. The maximum Gasteiger partial charge on any atom is 0.223 e. The number of piperidine rings is 1. The maximum atomic E-state index is 12.8. The third-order valence-corrected chi connectivity index (χ3v) is 5.39. The van der Waals surface area contributed by atoms with Crippen LogP contribution in [0.5, 0.6) is 5.75 Å². The molecule has 1 amide bonds. The summed E-state index contributed by atoms with van der Waals surface area (Å²) in [5, 5.41) is 0. The summed E-state index contributed by atoms with van der Waals surface area (Å²) < 4.78 is 6.09. The maximum absolute atomic E-state index is 12.8. The zero-order valence-corrected chi connectivity index (χ0v) is 14.4. The van der Waals surface area contributed by atoms with E-state index in [-0.39, 0.29) is 6.10 Å². The van der Waals surface area contributed by atoms with Gasteiger partial charge in [0.05, 0.1) is 6.20 Å². The van der Waals surface area contributed by atoms with Crippen LogP contribution in [0.4, 0.5) is 0 Å². The lowest BCUT2D eigenvalue weighted by Gasteiger charge is -2.39. The first-order valence-corrected chi connectivity index (χ1v) is 9.21. The summed E-state index contributed by atoms with van der Waals surface area (Å²) in [5.41, 5.74) is 1.23. The molecule has 0 N–H and O–H groups in total. The highest BCUT2D eigenvalue weighted by atomic mass is 16.5. The van der Waals surface area contributed by atoms with E-state index in [1.807, 2.05) is 30.3 Å². The first-order chi connectivity index (χ1) is 12.3. The first kappa shape index (κ1) is 16.1. The monoisotopic (exact) mass is 336 g/mol. The SMILES string of the molecule is O=C(CCc1ccccc1)N1C2CCC1CC(Oc1cccnc1)C2. The first-order valence-electron chi connectivity index (χ1n) is 9.21. The van der Waals surface area contributed by atoms with Gasteiger partial charge in [-0.3, -0.25) is 9.78 Å². The normalized spacial score (nSPS) is 25.0. The molecule has 25 heavy (non-hydrogen) atoms. The summed E-state index contributed by atoms with van der Waals surface area (Å²) in [7, 11) is 0. The van der Waals surface area contributed by atoms with Crippen LogP contribution in [-0.2, 0) is 11.2 Å². The summed E-state index contributed by atoms with van der Waals surface area (Å²) in [5.74, 6) is 1.13. The molecule has 2 aromatic rings. The van der Waals surface area contributed by atoms with Crippen LogP contribution < -0.4 is 4.74 Å². The van der Waals surface area contributed by atoms with Gasteiger partial charge in [0, 0.05) is 37.5 Å². The minimum Gasteiger partial charge on any atom is -0.489 e. The number of ether oxygens (including phenoxy) is 1. The fourth-order valence-corrected chi connectivity index (χ4v) is 4.26. The van der Waals surface area contributed by atoms with Crippen LogP contribution >= 0.6 is 0 Å². The molecular formula is C21H24N2O2. The molecule has 2 aliphatic rings. The average Bonchev–Trinajstić information content (AvgIpc) is 2.92. The van der Waals surface area contributed by atoms with Crippen LogP contribution in [0.2, 0.25) is 0 Å². The lowest BCUT2D eigenvalue weighted by Crippen LogP contribution is -2.49. The number of benzene rings is 1. The van der Waals surface area contributed by atoms with Crippen molar-refractivity contribution >= 4 is 5.91 Å². The number of hydrogen-bond donors (Lipinski definition) is 0. The highest BCUT2D eigenvalue weighted by Crippen LogP contribution is 2.37. The number of aromatic nitrogens is 1. The number of fused-ring (bicyclic) bond motifs is 2. The molecule has 0 spiro atoms. The van der Waals surface area contributed by atoms with Crippen molar-refractivity contribution in [1.82, 2.24) is 9.88 Å². The van der Waals surface area contributed by atoms with Crippen molar-refractivity contribution < 1.29 is 9.53 Å². The van der Waals surface area contributed by atoms with E-state index in [1.54, 1.807) is 12.4 Å². The van der Waals surface area contributed by atoms with E-state index in [2.05, 4.69) is 22.0 Å². The van der Waals surface area contributed by atoms with Gasteiger partial charge in [-0.25, -0.2) is 0 Å². The Hall–Kier alpha value is -2.36. The molecule has 1 aromatic heterocycles. The van der Waals surface area contributed by atoms with Gasteiger partial charge in [-0.2, -0.15) is 0 Å². The molecule has 4 rings (SSSR count). The zero-order chi connectivity index (χ0) is 17.1. The molecular weight excluding hydrogens is 312 g/mol. The van der Waals surface area contributed by atoms with Gasteiger partial charge in [-0.05, 0) is 37.0 Å². The predicted molar refractivity (Wildman–Crippen MR) is 96.3 cm³/mol. The molecule has 0 radical (unpaired) electrons. The number of hydrogen-bond acceptors (Lipinski definition) is 3. The van der Waals surface area contributed by atoms with Crippen molar-refractivity contribution in [2.45, 2.75) is 56.7 Å². The molecule has 3 heterocycles. The van der Waals surface area contributed by atoms with Gasteiger partial charge in [0.1, 0.15) is 11.9 Å². The fourth-order valence-electron chi connectivity index (χ4n) is 4.26. The van der Waals surface area contributed by atoms with Gasteiger partial charge in [-0.1, -0.05) is 30.3 Å². The topological polar surface area (TPSA) is 42.4 Å². The minimum atomic E-state index is 0.194. The Labute approximate surface area is 148 Å². The number of amides is 1. The number of carbonyl (C=O) groups excluding carboxylic acids is 1. The Morgan fingerprint density at radius 1 is 1.08 bits per heavy atom. The van der Waals surface area contributed by atoms with E-state index in [1.165, 1.54) is 5.56 Å². The summed E-state index contributed by atoms with van der Waals surface area (Å²) in [6, 6.07) is 14.8. The third-order valence-electron chi connectivity index (χ3n) is 5.39. The smallest absolute Gasteiger partial charge is 0.223 e. The average molecular weight is 336 g/mol. The molecule has 2 fully saturated rings. The van der Waals surface area contributed by atoms with Crippen molar-refractivity contribution in [3.05, 3.63) is 60.4 Å². The lowest BCUT2D eigenvalue weighted by atomic mass is 9.98. The Kier molecular flexibility index (Phi) is 4.68. The van der Waals surface area contributed by atoms with E-state index in [9.17, 15) is 4.79 Å². The lowest BCUT2D eigenvalue weighted by molar-refractivity contribution is -0.137. The summed E-state index contributed by atoms with van der Waals surface area (Å²) in [6.45, 7) is 0. The Bertz CT molecular complexity index is 690. The van der Waals surface area contributed by atoms with Crippen molar-refractivity contribution in [3.63, 3.8) is 0 Å². The standard InChI is InChI=1S/C21H24N2O2/c24-21(11-8-16-5-2-1-3-6-16)23-17-9-10-18(23)14-20(13-17)25-19-7-4-12-22-15-19/h1-7,12,15,17-18,20H,8-11,13-14H2. The molecule has 0 aliphatic carbocycles. The van der Waals surface area contributed by atoms with Crippen LogP contribution in [0.3, 0.4) is 0 Å². The highest BCUT2D eigenvalue weighted by molar-refractivity contribution is 5.77. The van der Waals surface area contributed by atoms with E-state index in [4.69, 9.17) is 4.74 Å². The van der Waals surface area contributed by atoms with E-state index in [0.29, 0.717) is 24.4 Å². The molecule has 2 aliphatic heterocycles. The van der Waals surface area contributed by atoms with E-state index < -0.39 is 0 Å². The van der Waals surface area contributed by atoms with Crippen molar-refractivity contribution in [2.24, 2.45) is 0 Å². The largest absolute Gasteiger partial charge is 0.489 e. The number of pyridine rings is 1. The Morgan fingerprint density at radius 3 is 2.52 bits per heavy atom. The Morgan fingerprint density at radius 2 is 1.84 bits per heavy atom. The number of nitrogens with zero attached hydrogens (tertiary/aromatic N) is 2. The summed E-state index contributed by atoms with van der Waals surface area (Å²) in [6.07, 6.45) is 9.22. The van der Waals surface area contributed by atoms with Gasteiger partial charge < -0.3 is 9.64 Å². The van der Waals surface area contributed by atoms with Crippen molar-refractivity contribution in [1.29, 1.82) is 0 Å². The van der Waals surface area contributed by atoms with Crippen LogP contribution in [0.25, 0.3) is 0 Å². The number of aryl methyl sites for hydroxylation is 1. The Balaban J connectivity index is 1.34. The summed E-state index contributed by atoms with van der Waals surface area (Å²) in [4.78, 5) is 19.0. The van der Waals surface area contributed by atoms with Crippen LogP contribution in [-0.4, -0.2) is 34.0 Å². The second-order valence-corrected chi connectivity index (χ2v) is 7.07.